The molecule has 4 rings (SSSR count). The Morgan fingerprint density at radius 2 is 1.81 bits per heavy atom. The second-order valence-electron chi connectivity index (χ2n) is 13.1. The number of hydrogen-bond donors (Lipinski definition) is 4. The van der Waals surface area contributed by atoms with Crippen LogP contribution in [0.3, 0.4) is 0 Å². The van der Waals surface area contributed by atoms with Crippen molar-refractivity contribution in [1.29, 1.82) is 0 Å². The van der Waals surface area contributed by atoms with Crippen LogP contribution in [-0.2, 0) is 27.8 Å². The highest BCUT2D eigenvalue weighted by Crippen LogP contribution is 2.27. The minimum atomic E-state index is -3.97. The Hall–Kier alpha value is -3.85. The van der Waals surface area contributed by atoms with E-state index >= 15 is 0 Å². The van der Waals surface area contributed by atoms with Gasteiger partial charge in [-0.2, -0.15) is 0 Å². The van der Waals surface area contributed by atoms with E-state index in [1.54, 1.807) is 9.80 Å². The van der Waals surface area contributed by atoms with Crippen LogP contribution in [0.1, 0.15) is 73.1 Å². The number of benzene rings is 2. The van der Waals surface area contributed by atoms with E-state index < -0.39 is 33.2 Å². The maximum absolute atomic E-state index is 13.5. The molecule has 0 bridgehead atoms. The van der Waals surface area contributed by atoms with E-state index in [-0.39, 0.29) is 48.2 Å². The third kappa shape index (κ3) is 10.1. The number of aliphatic hydroxyl groups is 1. The first-order valence-corrected chi connectivity index (χ1v) is 18.3. The van der Waals surface area contributed by atoms with Gasteiger partial charge in [0.2, 0.25) is 15.9 Å². The first-order valence-electron chi connectivity index (χ1n) is 15.9. The van der Waals surface area contributed by atoms with Gasteiger partial charge in [-0.25, -0.2) is 27.7 Å². The van der Waals surface area contributed by atoms with Crippen LogP contribution < -0.4 is 10.0 Å². The molecule has 1 aliphatic heterocycles. The van der Waals surface area contributed by atoms with Crippen LogP contribution >= 0.6 is 11.3 Å². The van der Waals surface area contributed by atoms with E-state index in [1.807, 2.05) is 63.4 Å². The van der Waals surface area contributed by atoms with Crippen molar-refractivity contribution in [3.8, 4) is 0 Å². The van der Waals surface area contributed by atoms with Crippen LogP contribution in [-0.4, -0.2) is 82.2 Å². The molecule has 3 aromatic rings. The van der Waals surface area contributed by atoms with Gasteiger partial charge in [-0.05, 0) is 76.1 Å². The fourth-order valence-electron chi connectivity index (χ4n) is 5.72. The highest BCUT2D eigenvalue weighted by molar-refractivity contribution is 7.89. The van der Waals surface area contributed by atoms with E-state index in [0.29, 0.717) is 32.5 Å². The molecule has 3 amide bonds. The van der Waals surface area contributed by atoms with Crippen molar-refractivity contribution < 1.29 is 33.0 Å². The Morgan fingerprint density at radius 3 is 2.48 bits per heavy atom. The average molecular weight is 700 g/mol. The molecule has 4 N–H and O–H groups in total. The number of nitrogens with one attached hydrogen (secondary N) is 2. The third-order valence-electron chi connectivity index (χ3n) is 8.54. The van der Waals surface area contributed by atoms with Gasteiger partial charge in [0, 0.05) is 37.0 Å². The number of amides is 3. The Morgan fingerprint density at radius 1 is 1.08 bits per heavy atom. The highest BCUT2D eigenvalue weighted by Gasteiger charge is 2.41. The first kappa shape index (κ1) is 37.0. The lowest BCUT2D eigenvalue weighted by Crippen LogP contribution is -2.54. The van der Waals surface area contributed by atoms with Gasteiger partial charge in [-0.3, -0.25) is 4.79 Å². The summed E-state index contributed by atoms with van der Waals surface area (Å²) in [5.41, 5.74) is -0.715. The van der Waals surface area contributed by atoms with Crippen molar-refractivity contribution in [3.63, 3.8) is 0 Å². The number of thiazole rings is 1. The molecule has 1 aromatic heterocycles. The Bertz CT molecular complexity index is 1700. The zero-order chi connectivity index (χ0) is 35.1. The molecule has 1 fully saturated rings. The average Bonchev–Trinajstić information content (AvgIpc) is 3.63. The lowest BCUT2D eigenvalue weighted by Gasteiger charge is -2.37. The van der Waals surface area contributed by atoms with E-state index in [1.165, 1.54) is 29.5 Å². The van der Waals surface area contributed by atoms with Gasteiger partial charge in [0.25, 0.3) is 0 Å². The summed E-state index contributed by atoms with van der Waals surface area (Å²) in [4.78, 5) is 45.8. The minimum absolute atomic E-state index is 0.0270. The van der Waals surface area contributed by atoms with E-state index in [2.05, 4.69) is 15.0 Å². The van der Waals surface area contributed by atoms with Crippen molar-refractivity contribution in [2.75, 3.05) is 19.6 Å². The van der Waals surface area contributed by atoms with Gasteiger partial charge in [0.1, 0.15) is 5.72 Å². The number of aryl methyl sites for hydroxylation is 2. The van der Waals surface area contributed by atoms with Gasteiger partial charge < -0.3 is 25.3 Å². The molecular weight excluding hydrogens is 655 g/mol. The topological polar surface area (TPSA) is 169 Å². The van der Waals surface area contributed by atoms with Crippen LogP contribution in [0.4, 0.5) is 4.79 Å². The Balaban J connectivity index is 1.37. The molecule has 2 heterocycles. The van der Waals surface area contributed by atoms with Gasteiger partial charge in [-0.15, -0.1) is 11.3 Å². The molecule has 0 aliphatic carbocycles. The SMILES string of the molecule is Cc1nc(CN2CCN(C(C)(C)CC(=O)NC(O)(CCc3ccccc3)CC[C@@H](C)CNS(=O)(=O)c3cccc(C(=O)O)c3)C2=O)cs1. The summed E-state index contributed by atoms with van der Waals surface area (Å²) in [5.74, 6) is -1.85. The fraction of sp³-hybridized carbons (Fsp3) is 0.471. The maximum Gasteiger partial charge on any atom is 0.335 e. The maximum atomic E-state index is 13.5. The fourth-order valence-corrected chi connectivity index (χ4v) is 7.54. The quantitative estimate of drug-likeness (QED) is 0.151. The molecule has 260 valence electrons. The second-order valence-corrected chi connectivity index (χ2v) is 15.9. The number of carboxylic acids is 1. The predicted molar refractivity (Wildman–Crippen MR) is 183 cm³/mol. The largest absolute Gasteiger partial charge is 0.478 e. The lowest BCUT2D eigenvalue weighted by molar-refractivity contribution is -0.132. The molecule has 0 radical (unpaired) electrons. The van der Waals surface area contributed by atoms with Crippen molar-refractivity contribution in [1.82, 2.24) is 24.8 Å². The molecule has 1 aliphatic rings. The van der Waals surface area contributed by atoms with Crippen molar-refractivity contribution in [3.05, 3.63) is 81.8 Å². The molecule has 48 heavy (non-hydrogen) atoms. The number of aromatic carboxylic acids is 1. The molecule has 2 aromatic carbocycles. The van der Waals surface area contributed by atoms with Crippen molar-refractivity contribution >= 4 is 39.3 Å². The number of aromatic nitrogens is 1. The molecule has 14 heteroatoms. The molecule has 12 nitrogen and oxygen atoms in total. The highest BCUT2D eigenvalue weighted by atomic mass is 32.2. The van der Waals surface area contributed by atoms with Crippen LogP contribution in [0.5, 0.6) is 0 Å². The molecule has 0 spiro atoms. The van der Waals surface area contributed by atoms with Gasteiger partial charge in [0.15, 0.2) is 0 Å². The normalized spacial score (nSPS) is 15.7. The zero-order valence-electron chi connectivity index (χ0n) is 27.8. The minimum Gasteiger partial charge on any atom is -0.478 e. The predicted octanol–water partition coefficient (Wildman–Crippen LogP) is 4.39. The Labute approximate surface area is 286 Å². The van der Waals surface area contributed by atoms with E-state index in [0.717, 1.165) is 22.3 Å². The van der Waals surface area contributed by atoms with Gasteiger partial charge in [0.05, 0.1) is 27.7 Å². The smallest absolute Gasteiger partial charge is 0.335 e. The van der Waals surface area contributed by atoms with Crippen LogP contribution in [0.15, 0.2) is 64.9 Å². The van der Waals surface area contributed by atoms with Crippen LogP contribution in [0.25, 0.3) is 0 Å². The number of carbonyl (C=O) groups excluding carboxylic acids is 2. The number of hydrogen-bond acceptors (Lipinski definition) is 8. The molecule has 2 atom stereocenters. The number of nitrogens with zero attached hydrogens (tertiary/aromatic N) is 3. The summed E-state index contributed by atoms with van der Waals surface area (Å²) in [6, 6.07) is 14.6. The number of rotatable bonds is 17. The van der Waals surface area contributed by atoms with Crippen LogP contribution in [0, 0.1) is 12.8 Å². The Kier molecular flexibility index (Phi) is 12.0. The van der Waals surface area contributed by atoms with Crippen LogP contribution in [0.2, 0.25) is 0 Å². The van der Waals surface area contributed by atoms with Crippen molar-refractivity contribution in [2.24, 2.45) is 5.92 Å². The standard InChI is InChI=1S/C34H45N5O7S2/c1-24(21-35-48(45,46)29-12-8-11-27(19-29)31(41)42)13-15-34(44,16-14-26-9-6-5-7-10-26)37-30(40)20-33(3,4)39-18-17-38(32(39)43)22-28-23-47-25(2)36-28/h5-12,19,23-24,35,44H,13-18,20-22H2,1-4H3,(H,37,40)(H,41,42)/t24-,34?/m1/s1. The number of urea groups is 1. The molecule has 0 saturated carbocycles. The molecule has 1 unspecified atom stereocenters. The second kappa shape index (κ2) is 15.6. The molecule has 1 saturated heterocycles. The lowest BCUT2D eigenvalue weighted by atomic mass is 9.92. The number of carbonyl (C=O) groups is 3. The van der Waals surface area contributed by atoms with Gasteiger partial charge >= 0.3 is 12.0 Å². The third-order valence-corrected chi connectivity index (χ3v) is 10.8. The summed E-state index contributed by atoms with van der Waals surface area (Å²) in [6.07, 6.45) is 1.24. The zero-order valence-corrected chi connectivity index (χ0v) is 29.4. The number of sulfonamides is 1. The monoisotopic (exact) mass is 699 g/mol. The summed E-state index contributed by atoms with van der Waals surface area (Å²) in [7, 11) is -3.97. The number of carboxylic acid groups (broad SMARTS) is 1. The van der Waals surface area contributed by atoms with Crippen molar-refractivity contribution in [2.45, 2.75) is 82.5 Å². The van der Waals surface area contributed by atoms with E-state index in [4.69, 9.17) is 0 Å². The summed E-state index contributed by atoms with van der Waals surface area (Å²) in [5, 5.41) is 26.7. The summed E-state index contributed by atoms with van der Waals surface area (Å²) < 4.78 is 28.2. The summed E-state index contributed by atoms with van der Waals surface area (Å²) >= 11 is 1.53. The van der Waals surface area contributed by atoms with Gasteiger partial charge in [-0.1, -0.05) is 43.3 Å². The van der Waals surface area contributed by atoms with E-state index in [9.17, 15) is 33.0 Å². The summed E-state index contributed by atoms with van der Waals surface area (Å²) in [6.45, 7) is 8.87. The first-order chi connectivity index (χ1) is 22.6. The molecular formula is C34H45N5O7S2.